The highest BCUT2D eigenvalue weighted by molar-refractivity contribution is 5.92. The Morgan fingerprint density at radius 3 is 2.87 bits per heavy atom. The van der Waals surface area contributed by atoms with Gasteiger partial charge in [0.1, 0.15) is 5.75 Å². The van der Waals surface area contributed by atoms with Gasteiger partial charge in [-0.15, -0.1) is 0 Å². The molecule has 0 spiro atoms. The number of carbonyl (C=O) groups excluding carboxylic acids is 1. The van der Waals surface area contributed by atoms with Gasteiger partial charge < -0.3 is 14.8 Å². The predicted molar refractivity (Wildman–Crippen MR) is 88.6 cm³/mol. The van der Waals surface area contributed by atoms with Crippen LogP contribution in [0.15, 0.2) is 36.7 Å². The molecule has 0 saturated carbocycles. The van der Waals surface area contributed by atoms with Crippen molar-refractivity contribution in [2.75, 3.05) is 25.6 Å². The molecule has 1 heterocycles. The van der Waals surface area contributed by atoms with Crippen LogP contribution in [0.4, 0.5) is 5.69 Å². The van der Waals surface area contributed by atoms with Gasteiger partial charge in [-0.2, -0.15) is 5.10 Å². The van der Waals surface area contributed by atoms with E-state index in [2.05, 4.69) is 10.4 Å². The van der Waals surface area contributed by atoms with Crippen LogP contribution in [0.1, 0.15) is 18.4 Å². The molecule has 0 saturated heterocycles. The molecular formula is C17H23N3O3. The Morgan fingerprint density at radius 1 is 1.30 bits per heavy atom. The maximum atomic E-state index is 12.1. The number of methoxy groups -OCH3 is 1. The van der Waals surface area contributed by atoms with Gasteiger partial charge in [0.05, 0.1) is 18.5 Å². The molecule has 2 rings (SSSR count). The second-order valence-corrected chi connectivity index (χ2v) is 5.27. The van der Waals surface area contributed by atoms with Gasteiger partial charge in [-0.25, -0.2) is 0 Å². The summed E-state index contributed by atoms with van der Waals surface area (Å²) in [6, 6.07) is 7.43. The normalized spacial score (nSPS) is 10.5. The van der Waals surface area contributed by atoms with Crippen molar-refractivity contribution in [2.24, 2.45) is 0 Å². The van der Waals surface area contributed by atoms with Crippen LogP contribution in [0.25, 0.3) is 0 Å². The standard InChI is InChI=1S/C17H23N3O3/c1-14-12-18-20(13-14)9-8-17(21)19-15-6-3-4-7-16(15)23-11-5-10-22-2/h3-4,6-7,12-13H,5,8-11H2,1-2H3,(H,19,21). The monoisotopic (exact) mass is 317 g/mol. The highest BCUT2D eigenvalue weighted by atomic mass is 16.5. The van der Waals surface area contributed by atoms with Crippen molar-refractivity contribution in [1.82, 2.24) is 9.78 Å². The minimum atomic E-state index is -0.0638. The molecule has 124 valence electrons. The molecule has 1 aromatic heterocycles. The van der Waals surface area contributed by atoms with Gasteiger partial charge in [0.15, 0.2) is 0 Å². The Morgan fingerprint density at radius 2 is 2.13 bits per heavy atom. The predicted octanol–water partition coefficient (Wildman–Crippen LogP) is 2.64. The number of nitrogens with zero attached hydrogens (tertiary/aromatic N) is 2. The largest absolute Gasteiger partial charge is 0.491 e. The van der Waals surface area contributed by atoms with Gasteiger partial charge in [0.2, 0.25) is 5.91 Å². The molecule has 0 aliphatic rings. The van der Waals surface area contributed by atoms with Crippen molar-refractivity contribution < 1.29 is 14.3 Å². The Labute approximate surface area is 136 Å². The Bertz CT molecular complexity index is 625. The summed E-state index contributed by atoms with van der Waals surface area (Å²) < 4.78 is 12.5. The summed E-state index contributed by atoms with van der Waals surface area (Å²) in [7, 11) is 1.66. The van der Waals surface area contributed by atoms with E-state index in [1.807, 2.05) is 37.4 Å². The van der Waals surface area contributed by atoms with Gasteiger partial charge >= 0.3 is 0 Å². The first-order valence-electron chi connectivity index (χ1n) is 7.68. The van der Waals surface area contributed by atoms with E-state index in [4.69, 9.17) is 9.47 Å². The van der Waals surface area contributed by atoms with E-state index in [-0.39, 0.29) is 5.91 Å². The molecule has 1 aromatic carbocycles. The fraction of sp³-hybridized carbons (Fsp3) is 0.412. The van der Waals surface area contributed by atoms with Crippen molar-refractivity contribution in [3.05, 3.63) is 42.2 Å². The summed E-state index contributed by atoms with van der Waals surface area (Å²) in [4.78, 5) is 12.1. The molecule has 0 aliphatic heterocycles. The number of nitrogens with one attached hydrogen (secondary N) is 1. The van der Waals surface area contributed by atoms with Crippen molar-refractivity contribution in [2.45, 2.75) is 26.3 Å². The van der Waals surface area contributed by atoms with Crippen LogP contribution in [-0.2, 0) is 16.1 Å². The molecule has 0 fully saturated rings. The second-order valence-electron chi connectivity index (χ2n) is 5.27. The number of para-hydroxylation sites is 2. The SMILES string of the molecule is COCCCOc1ccccc1NC(=O)CCn1cc(C)cn1. The summed E-state index contributed by atoms with van der Waals surface area (Å²) in [6.07, 6.45) is 4.86. The highest BCUT2D eigenvalue weighted by Gasteiger charge is 2.08. The van der Waals surface area contributed by atoms with Crippen LogP contribution in [0, 0.1) is 6.92 Å². The lowest BCUT2D eigenvalue weighted by atomic mass is 10.2. The van der Waals surface area contributed by atoms with Gasteiger partial charge in [0.25, 0.3) is 0 Å². The maximum absolute atomic E-state index is 12.1. The fourth-order valence-corrected chi connectivity index (χ4v) is 2.10. The van der Waals surface area contributed by atoms with E-state index >= 15 is 0 Å². The molecule has 23 heavy (non-hydrogen) atoms. The lowest BCUT2D eigenvalue weighted by Gasteiger charge is -2.12. The molecule has 1 amide bonds. The number of anilines is 1. The Kier molecular flexibility index (Phi) is 6.62. The van der Waals surface area contributed by atoms with Crippen molar-refractivity contribution in [3.63, 3.8) is 0 Å². The number of benzene rings is 1. The van der Waals surface area contributed by atoms with E-state index in [0.29, 0.717) is 37.6 Å². The molecule has 0 atom stereocenters. The number of amides is 1. The third-order valence-electron chi connectivity index (χ3n) is 3.24. The summed E-state index contributed by atoms with van der Waals surface area (Å²) in [5.41, 5.74) is 1.77. The maximum Gasteiger partial charge on any atom is 0.226 e. The summed E-state index contributed by atoms with van der Waals surface area (Å²) in [5.74, 6) is 0.609. The van der Waals surface area contributed by atoms with Crippen LogP contribution in [0.5, 0.6) is 5.75 Å². The molecule has 0 aliphatic carbocycles. The van der Waals surface area contributed by atoms with Crippen LogP contribution < -0.4 is 10.1 Å². The number of aryl methyl sites for hydroxylation is 2. The number of hydrogen-bond donors (Lipinski definition) is 1. The van der Waals surface area contributed by atoms with E-state index < -0.39 is 0 Å². The van der Waals surface area contributed by atoms with Gasteiger partial charge in [-0.3, -0.25) is 9.48 Å². The molecule has 6 heteroatoms. The van der Waals surface area contributed by atoms with Crippen LogP contribution in [0.3, 0.4) is 0 Å². The van der Waals surface area contributed by atoms with Crippen LogP contribution >= 0.6 is 0 Å². The number of hydrogen-bond acceptors (Lipinski definition) is 4. The minimum Gasteiger partial charge on any atom is -0.491 e. The van der Waals surface area contributed by atoms with Crippen LogP contribution in [-0.4, -0.2) is 36.0 Å². The molecule has 0 radical (unpaired) electrons. The van der Waals surface area contributed by atoms with E-state index in [1.165, 1.54) is 0 Å². The molecule has 1 N–H and O–H groups in total. The zero-order valence-electron chi connectivity index (χ0n) is 13.6. The average molecular weight is 317 g/mol. The zero-order valence-corrected chi connectivity index (χ0v) is 13.6. The van der Waals surface area contributed by atoms with Gasteiger partial charge in [0, 0.05) is 39.3 Å². The Hall–Kier alpha value is -2.34. The smallest absolute Gasteiger partial charge is 0.226 e. The van der Waals surface area contributed by atoms with Crippen molar-refractivity contribution in [3.8, 4) is 5.75 Å². The van der Waals surface area contributed by atoms with E-state index in [0.717, 1.165) is 12.0 Å². The number of ether oxygens (including phenoxy) is 2. The zero-order chi connectivity index (χ0) is 16.5. The topological polar surface area (TPSA) is 65.4 Å². The minimum absolute atomic E-state index is 0.0638. The van der Waals surface area contributed by atoms with E-state index in [1.54, 1.807) is 18.0 Å². The van der Waals surface area contributed by atoms with Crippen LogP contribution in [0.2, 0.25) is 0 Å². The van der Waals surface area contributed by atoms with Crippen molar-refractivity contribution in [1.29, 1.82) is 0 Å². The molecule has 0 unspecified atom stereocenters. The first-order chi connectivity index (χ1) is 11.2. The van der Waals surface area contributed by atoms with Gasteiger partial charge in [-0.05, 0) is 24.6 Å². The fourth-order valence-electron chi connectivity index (χ4n) is 2.10. The quantitative estimate of drug-likeness (QED) is 0.722. The number of carbonyl (C=O) groups is 1. The first-order valence-corrected chi connectivity index (χ1v) is 7.68. The summed E-state index contributed by atoms with van der Waals surface area (Å²) in [6.45, 7) is 3.72. The van der Waals surface area contributed by atoms with Crippen molar-refractivity contribution >= 4 is 11.6 Å². The lowest BCUT2D eigenvalue weighted by Crippen LogP contribution is -2.15. The van der Waals surface area contributed by atoms with Gasteiger partial charge in [-0.1, -0.05) is 12.1 Å². The van der Waals surface area contributed by atoms with E-state index in [9.17, 15) is 4.79 Å². The molecular weight excluding hydrogens is 294 g/mol. The lowest BCUT2D eigenvalue weighted by molar-refractivity contribution is -0.116. The molecule has 0 bridgehead atoms. The second kappa shape index (κ2) is 8.95. The third-order valence-corrected chi connectivity index (χ3v) is 3.24. The number of rotatable bonds is 9. The molecule has 6 nitrogen and oxygen atoms in total. The molecule has 2 aromatic rings. The Balaban J connectivity index is 1.84. The summed E-state index contributed by atoms with van der Waals surface area (Å²) >= 11 is 0. The highest BCUT2D eigenvalue weighted by Crippen LogP contribution is 2.24. The third kappa shape index (κ3) is 5.75. The summed E-state index contributed by atoms with van der Waals surface area (Å²) in [5, 5.41) is 7.06. The number of aromatic nitrogens is 2. The first kappa shape index (κ1) is 17.0. The average Bonchev–Trinajstić information content (AvgIpc) is 2.97.